The summed E-state index contributed by atoms with van der Waals surface area (Å²) in [4.78, 5) is 7.65. The van der Waals surface area contributed by atoms with E-state index in [1.165, 1.54) is 32.1 Å². The lowest BCUT2D eigenvalue weighted by atomic mass is 9.73. The summed E-state index contributed by atoms with van der Waals surface area (Å²) in [6.07, 6.45) is 10.4. The molecule has 2 aliphatic carbocycles. The molecule has 7 heteroatoms. The fraction of sp³-hybridized carbons (Fsp3) is 0.952. The molecule has 2 saturated carbocycles. The maximum absolute atomic E-state index is 9.74. The van der Waals surface area contributed by atoms with Crippen LogP contribution in [-0.4, -0.2) is 74.0 Å². The van der Waals surface area contributed by atoms with E-state index >= 15 is 0 Å². The highest BCUT2D eigenvalue weighted by Gasteiger charge is 2.34. The number of nitrogens with zero attached hydrogens (tertiary/aromatic N) is 2. The Hall–Kier alpha value is -0.120. The number of hydrogen-bond acceptors (Lipinski definition) is 4. The van der Waals surface area contributed by atoms with E-state index < -0.39 is 0 Å². The first-order valence-electron chi connectivity index (χ1n) is 11.2. The average Bonchev–Trinajstić information content (AvgIpc) is 2.70. The Bertz CT molecular complexity index is 457. The van der Waals surface area contributed by atoms with E-state index in [0.717, 1.165) is 77.6 Å². The molecule has 1 heterocycles. The Morgan fingerprint density at radius 2 is 1.79 bits per heavy atom. The monoisotopic (exact) mass is 508 g/mol. The van der Waals surface area contributed by atoms with Gasteiger partial charge in [0.05, 0.1) is 19.3 Å². The van der Waals surface area contributed by atoms with Gasteiger partial charge in [0.2, 0.25) is 0 Å². The first-order valence-corrected chi connectivity index (χ1v) is 11.2. The molecule has 1 aliphatic heterocycles. The second-order valence-corrected chi connectivity index (χ2v) is 8.79. The lowest BCUT2D eigenvalue weighted by molar-refractivity contribution is 0.00937. The molecule has 0 bridgehead atoms. The van der Waals surface area contributed by atoms with Gasteiger partial charge in [-0.05, 0) is 45.4 Å². The summed E-state index contributed by atoms with van der Waals surface area (Å²) in [5, 5.41) is 16.8. The van der Waals surface area contributed by atoms with E-state index in [1.54, 1.807) is 0 Å². The van der Waals surface area contributed by atoms with Gasteiger partial charge in [-0.1, -0.05) is 19.3 Å². The molecule has 3 fully saturated rings. The van der Waals surface area contributed by atoms with Gasteiger partial charge in [0, 0.05) is 44.2 Å². The summed E-state index contributed by atoms with van der Waals surface area (Å²) in [5.74, 6) is 0.964. The van der Waals surface area contributed by atoms with E-state index in [1.807, 2.05) is 0 Å². The van der Waals surface area contributed by atoms with E-state index in [4.69, 9.17) is 9.73 Å². The Labute approximate surface area is 188 Å². The minimum atomic E-state index is -0.110. The summed E-state index contributed by atoms with van der Waals surface area (Å²) >= 11 is 0. The van der Waals surface area contributed by atoms with Crippen molar-refractivity contribution in [1.29, 1.82) is 0 Å². The quantitative estimate of drug-likeness (QED) is 0.293. The lowest BCUT2D eigenvalue weighted by Gasteiger charge is -2.41. The standard InChI is InChI=1S/C21H40N4O2.HI/c1-2-22-20(24-18-6-8-19(26)9-7-18)23-16-21(10-4-3-5-11-21)17-25-12-14-27-15-13-25;/h18-19,26H,2-17H2,1H3,(H2,22,23,24);1H. The van der Waals surface area contributed by atoms with Crippen molar-refractivity contribution in [2.75, 3.05) is 45.9 Å². The molecule has 0 aromatic heterocycles. The molecule has 0 radical (unpaired) electrons. The van der Waals surface area contributed by atoms with Gasteiger partial charge < -0.3 is 20.5 Å². The molecule has 1 saturated heterocycles. The second kappa shape index (κ2) is 12.5. The smallest absolute Gasteiger partial charge is 0.191 e. The van der Waals surface area contributed by atoms with E-state index in [2.05, 4.69) is 22.5 Å². The highest BCUT2D eigenvalue weighted by Crippen LogP contribution is 2.37. The van der Waals surface area contributed by atoms with Gasteiger partial charge in [0.15, 0.2) is 5.96 Å². The van der Waals surface area contributed by atoms with Crippen molar-refractivity contribution in [3.8, 4) is 0 Å². The second-order valence-electron chi connectivity index (χ2n) is 8.79. The summed E-state index contributed by atoms with van der Waals surface area (Å²) in [6.45, 7) is 8.96. The number of aliphatic hydroxyl groups is 1. The summed E-state index contributed by atoms with van der Waals surface area (Å²) in [7, 11) is 0. The number of ether oxygens (including phenoxy) is 1. The molecule has 3 N–H and O–H groups in total. The topological polar surface area (TPSA) is 69.1 Å². The summed E-state index contributed by atoms with van der Waals surface area (Å²) < 4.78 is 5.54. The fourth-order valence-electron chi connectivity index (χ4n) is 4.88. The number of nitrogens with one attached hydrogen (secondary N) is 2. The van der Waals surface area contributed by atoms with Crippen LogP contribution in [0.15, 0.2) is 4.99 Å². The third-order valence-electron chi connectivity index (χ3n) is 6.53. The van der Waals surface area contributed by atoms with Crippen LogP contribution in [-0.2, 0) is 4.74 Å². The van der Waals surface area contributed by atoms with E-state index in [0.29, 0.717) is 11.5 Å². The van der Waals surface area contributed by atoms with Gasteiger partial charge in [-0.3, -0.25) is 9.89 Å². The SMILES string of the molecule is CCNC(=NCC1(CN2CCOCC2)CCCCC1)NC1CCC(O)CC1.I. The van der Waals surface area contributed by atoms with Gasteiger partial charge >= 0.3 is 0 Å². The molecule has 3 aliphatic rings. The zero-order valence-corrected chi connectivity index (χ0v) is 20.0. The zero-order chi connectivity index (χ0) is 19.0. The van der Waals surface area contributed by atoms with Crippen molar-refractivity contribution < 1.29 is 9.84 Å². The molecule has 3 rings (SSSR count). The Morgan fingerprint density at radius 3 is 2.43 bits per heavy atom. The van der Waals surface area contributed by atoms with Crippen LogP contribution in [0.25, 0.3) is 0 Å². The van der Waals surface area contributed by atoms with Crippen molar-refractivity contribution in [2.24, 2.45) is 10.4 Å². The number of rotatable bonds is 6. The maximum Gasteiger partial charge on any atom is 0.191 e. The Kier molecular flexibility index (Phi) is 10.8. The number of morpholine rings is 1. The number of aliphatic hydroxyl groups excluding tert-OH is 1. The fourth-order valence-corrected chi connectivity index (χ4v) is 4.88. The van der Waals surface area contributed by atoms with Gasteiger partial charge in [-0.2, -0.15) is 0 Å². The molecule has 28 heavy (non-hydrogen) atoms. The molecule has 0 aromatic carbocycles. The molecule has 0 aromatic rings. The first-order chi connectivity index (χ1) is 13.2. The molecule has 6 nitrogen and oxygen atoms in total. The maximum atomic E-state index is 9.74. The Balaban J connectivity index is 0.00000280. The lowest BCUT2D eigenvalue weighted by Crippen LogP contribution is -2.48. The third-order valence-corrected chi connectivity index (χ3v) is 6.53. The summed E-state index contributed by atoms with van der Waals surface area (Å²) in [5.41, 5.74) is 0.320. The van der Waals surface area contributed by atoms with Gasteiger partial charge in [-0.25, -0.2) is 0 Å². The van der Waals surface area contributed by atoms with Crippen LogP contribution in [0.5, 0.6) is 0 Å². The summed E-state index contributed by atoms with van der Waals surface area (Å²) in [6, 6.07) is 0.438. The van der Waals surface area contributed by atoms with Crippen LogP contribution < -0.4 is 10.6 Å². The van der Waals surface area contributed by atoms with Crippen molar-refractivity contribution >= 4 is 29.9 Å². The molecule has 164 valence electrons. The Morgan fingerprint density at radius 1 is 1.11 bits per heavy atom. The normalized spacial score (nSPS) is 29.0. The van der Waals surface area contributed by atoms with Crippen molar-refractivity contribution in [3.05, 3.63) is 0 Å². The highest BCUT2D eigenvalue weighted by molar-refractivity contribution is 14.0. The predicted molar refractivity (Wildman–Crippen MR) is 126 cm³/mol. The number of guanidine groups is 1. The van der Waals surface area contributed by atoms with Crippen LogP contribution in [0.1, 0.15) is 64.7 Å². The number of hydrogen-bond donors (Lipinski definition) is 3. The van der Waals surface area contributed by atoms with Crippen molar-refractivity contribution in [1.82, 2.24) is 15.5 Å². The molecule has 0 amide bonds. The molecule has 0 atom stereocenters. The number of aliphatic imine (C=N–C) groups is 1. The minimum Gasteiger partial charge on any atom is -0.393 e. The molecular formula is C21H41IN4O2. The molecular weight excluding hydrogens is 467 g/mol. The average molecular weight is 508 g/mol. The van der Waals surface area contributed by atoms with E-state index in [9.17, 15) is 5.11 Å². The van der Waals surface area contributed by atoms with E-state index in [-0.39, 0.29) is 30.1 Å². The van der Waals surface area contributed by atoms with Crippen molar-refractivity contribution in [2.45, 2.75) is 76.9 Å². The largest absolute Gasteiger partial charge is 0.393 e. The van der Waals surface area contributed by atoms with Crippen LogP contribution >= 0.6 is 24.0 Å². The van der Waals surface area contributed by atoms with Crippen LogP contribution in [0.4, 0.5) is 0 Å². The van der Waals surface area contributed by atoms with Crippen LogP contribution in [0.3, 0.4) is 0 Å². The highest BCUT2D eigenvalue weighted by atomic mass is 127. The first kappa shape index (κ1) is 24.2. The third kappa shape index (κ3) is 7.61. The molecule has 0 spiro atoms. The number of halogens is 1. The van der Waals surface area contributed by atoms with Crippen LogP contribution in [0.2, 0.25) is 0 Å². The minimum absolute atomic E-state index is 0. The van der Waals surface area contributed by atoms with Crippen LogP contribution in [0, 0.1) is 5.41 Å². The predicted octanol–water partition coefficient (Wildman–Crippen LogP) is 2.75. The van der Waals surface area contributed by atoms with Gasteiger partial charge in [0.25, 0.3) is 0 Å². The molecule has 0 unspecified atom stereocenters. The van der Waals surface area contributed by atoms with Gasteiger partial charge in [0.1, 0.15) is 0 Å². The zero-order valence-electron chi connectivity index (χ0n) is 17.6. The van der Waals surface area contributed by atoms with Crippen molar-refractivity contribution in [3.63, 3.8) is 0 Å². The van der Waals surface area contributed by atoms with Gasteiger partial charge in [-0.15, -0.1) is 24.0 Å².